The van der Waals surface area contributed by atoms with E-state index in [0.29, 0.717) is 0 Å². The van der Waals surface area contributed by atoms with Crippen molar-refractivity contribution >= 4 is 0 Å². The van der Waals surface area contributed by atoms with Gasteiger partial charge in [0.05, 0.1) is 0 Å². The summed E-state index contributed by atoms with van der Waals surface area (Å²) >= 11 is 0. The molecule has 3 rings (SSSR count). The maximum atomic E-state index is 10.4. The molecule has 0 heterocycles. The van der Waals surface area contributed by atoms with Crippen LogP contribution in [0.3, 0.4) is 0 Å². The first-order chi connectivity index (χ1) is 10.3. The molecule has 0 fully saturated rings. The first-order valence-electron chi connectivity index (χ1n) is 6.87. The van der Waals surface area contributed by atoms with Gasteiger partial charge in [-0.1, -0.05) is 72.8 Å². The third kappa shape index (κ3) is 2.81. The quantitative estimate of drug-likeness (QED) is 0.754. The third-order valence-electron chi connectivity index (χ3n) is 3.56. The minimum absolute atomic E-state index is 0.258. The molecule has 3 aromatic rings. The molecular weight excluding hydrogens is 260 g/mol. The highest BCUT2D eigenvalue weighted by atomic mass is 16.3. The number of hydrogen-bond donors (Lipinski definition) is 2. The van der Waals surface area contributed by atoms with Gasteiger partial charge in [-0.05, 0) is 22.8 Å². The Kier molecular flexibility index (Phi) is 3.71. The van der Waals surface area contributed by atoms with Crippen molar-refractivity contribution < 1.29 is 10.2 Å². The van der Waals surface area contributed by atoms with Crippen LogP contribution in [0, 0.1) is 0 Å². The van der Waals surface area contributed by atoms with Crippen molar-refractivity contribution in [3.63, 3.8) is 0 Å². The average Bonchev–Trinajstić information content (AvgIpc) is 2.56. The van der Waals surface area contributed by atoms with E-state index in [4.69, 9.17) is 0 Å². The Morgan fingerprint density at radius 3 is 1.86 bits per heavy atom. The number of hydrogen-bond acceptors (Lipinski definition) is 2. The second kappa shape index (κ2) is 5.81. The van der Waals surface area contributed by atoms with Crippen LogP contribution in [-0.4, -0.2) is 10.2 Å². The molecule has 0 aromatic heterocycles. The molecule has 2 nitrogen and oxygen atoms in total. The van der Waals surface area contributed by atoms with Crippen LogP contribution in [0.1, 0.15) is 17.2 Å². The fourth-order valence-electron chi connectivity index (χ4n) is 2.39. The van der Waals surface area contributed by atoms with Crippen LogP contribution in [0.5, 0.6) is 5.75 Å². The SMILES string of the molecule is Oc1ccccc1-c1ccc(C(O)c2ccccc2)cc1. The normalized spacial score (nSPS) is 12.0. The van der Waals surface area contributed by atoms with Crippen LogP contribution in [0.2, 0.25) is 0 Å². The number of aliphatic hydroxyl groups excluding tert-OH is 1. The van der Waals surface area contributed by atoms with E-state index in [9.17, 15) is 10.2 Å². The summed E-state index contributed by atoms with van der Waals surface area (Å²) in [5.41, 5.74) is 3.42. The summed E-state index contributed by atoms with van der Waals surface area (Å²) in [4.78, 5) is 0. The zero-order chi connectivity index (χ0) is 14.7. The predicted molar refractivity (Wildman–Crippen MR) is 84.0 cm³/mol. The molecule has 0 radical (unpaired) electrons. The summed E-state index contributed by atoms with van der Waals surface area (Å²) in [5.74, 6) is 0.258. The van der Waals surface area contributed by atoms with Crippen LogP contribution in [0.15, 0.2) is 78.9 Å². The van der Waals surface area contributed by atoms with Crippen molar-refractivity contribution in [2.45, 2.75) is 6.10 Å². The van der Waals surface area contributed by atoms with E-state index in [2.05, 4.69) is 0 Å². The van der Waals surface area contributed by atoms with Gasteiger partial charge in [-0.15, -0.1) is 0 Å². The Morgan fingerprint density at radius 2 is 1.19 bits per heavy atom. The van der Waals surface area contributed by atoms with Gasteiger partial charge in [-0.3, -0.25) is 0 Å². The molecule has 0 amide bonds. The predicted octanol–water partition coefficient (Wildman–Crippen LogP) is 4.14. The molecule has 2 heteroatoms. The van der Waals surface area contributed by atoms with Crippen molar-refractivity contribution in [3.8, 4) is 16.9 Å². The van der Waals surface area contributed by atoms with Crippen LogP contribution in [0.4, 0.5) is 0 Å². The van der Waals surface area contributed by atoms with Gasteiger partial charge in [-0.25, -0.2) is 0 Å². The summed E-state index contributed by atoms with van der Waals surface area (Å²) in [7, 11) is 0. The number of phenols is 1. The maximum Gasteiger partial charge on any atom is 0.123 e. The smallest absolute Gasteiger partial charge is 0.123 e. The van der Waals surface area contributed by atoms with Gasteiger partial charge in [0.1, 0.15) is 11.9 Å². The summed E-state index contributed by atoms with van der Waals surface area (Å²) in [6.07, 6.45) is -0.635. The topological polar surface area (TPSA) is 40.5 Å². The highest BCUT2D eigenvalue weighted by molar-refractivity contribution is 5.70. The number of benzene rings is 3. The van der Waals surface area contributed by atoms with E-state index in [1.54, 1.807) is 12.1 Å². The Hall–Kier alpha value is -2.58. The molecule has 0 aliphatic carbocycles. The molecular formula is C19H16O2. The number of aliphatic hydroxyl groups is 1. The van der Waals surface area contributed by atoms with E-state index in [-0.39, 0.29) is 5.75 Å². The van der Waals surface area contributed by atoms with E-state index >= 15 is 0 Å². The molecule has 0 spiro atoms. The highest BCUT2D eigenvalue weighted by Crippen LogP contribution is 2.30. The Morgan fingerprint density at radius 1 is 0.619 bits per heavy atom. The van der Waals surface area contributed by atoms with Crippen LogP contribution in [0.25, 0.3) is 11.1 Å². The van der Waals surface area contributed by atoms with Crippen molar-refractivity contribution in [1.82, 2.24) is 0 Å². The van der Waals surface area contributed by atoms with E-state index in [1.807, 2.05) is 66.7 Å². The molecule has 2 N–H and O–H groups in total. The Labute approximate surface area is 123 Å². The van der Waals surface area contributed by atoms with Crippen molar-refractivity contribution in [3.05, 3.63) is 90.0 Å². The van der Waals surface area contributed by atoms with Gasteiger partial charge in [0.15, 0.2) is 0 Å². The number of para-hydroxylation sites is 1. The zero-order valence-electron chi connectivity index (χ0n) is 11.5. The van der Waals surface area contributed by atoms with E-state index in [1.165, 1.54) is 0 Å². The number of rotatable bonds is 3. The van der Waals surface area contributed by atoms with Gasteiger partial charge in [-0.2, -0.15) is 0 Å². The second-order valence-electron chi connectivity index (χ2n) is 4.95. The minimum Gasteiger partial charge on any atom is -0.507 e. The second-order valence-corrected chi connectivity index (χ2v) is 4.95. The van der Waals surface area contributed by atoms with E-state index < -0.39 is 6.10 Å². The molecule has 1 unspecified atom stereocenters. The van der Waals surface area contributed by atoms with Gasteiger partial charge in [0.25, 0.3) is 0 Å². The van der Waals surface area contributed by atoms with Gasteiger partial charge < -0.3 is 10.2 Å². The maximum absolute atomic E-state index is 10.4. The summed E-state index contributed by atoms with van der Waals surface area (Å²) < 4.78 is 0. The Bertz CT molecular complexity index is 718. The molecule has 0 aliphatic heterocycles. The van der Waals surface area contributed by atoms with Crippen molar-refractivity contribution in [2.75, 3.05) is 0 Å². The van der Waals surface area contributed by atoms with Crippen LogP contribution >= 0.6 is 0 Å². The van der Waals surface area contributed by atoms with Crippen LogP contribution < -0.4 is 0 Å². The monoisotopic (exact) mass is 276 g/mol. The first-order valence-corrected chi connectivity index (χ1v) is 6.87. The standard InChI is InChI=1S/C19H16O2/c20-18-9-5-4-8-17(18)14-10-12-16(13-11-14)19(21)15-6-2-1-3-7-15/h1-13,19-21H. The first kappa shape index (κ1) is 13.4. The fourth-order valence-corrected chi connectivity index (χ4v) is 2.39. The zero-order valence-corrected chi connectivity index (χ0v) is 11.5. The van der Waals surface area contributed by atoms with Gasteiger partial charge in [0.2, 0.25) is 0 Å². The molecule has 1 atom stereocenters. The third-order valence-corrected chi connectivity index (χ3v) is 3.56. The summed E-state index contributed by atoms with van der Waals surface area (Å²) in [6.45, 7) is 0. The fraction of sp³-hybridized carbons (Fsp3) is 0.0526. The Balaban J connectivity index is 1.90. The van der Waals surface area contributed by atoms with Gasteiger partial charge in [0, 0.05) is 5.56 Å². The molecule has 0 bridgehead atoms. The lowest BCUT2D eigenvalue weighted by Gasteiger charge is -2.12. The molecule has 3 aromatic carbocycles. The highest BCUT2D eigenvalue weighted by Gasteiger charge is 2.10. The summed E-state index contributed by atoms with van der Waals surface area (Å²) in [5, 5.41) is 20.2. The van der Waals surface area contributed by atoms with Crippen molar-refractivity contribution in [2.24, 2.45) is 0 Å². The van der Waals surface area contributed by atoms with Crippen molar-refractivity contribution in [1.29, 1.82) is 0 Å². The largest absolute Gasteiger partial charge is 0.507 e. The molecule has 104 valence electrons. The molecule has 0 saturated carbocycles. The summed E-state index contributed by atoms with van der Waals surface area (Å²) in [6, 6.07) is 24.4. The molecule has 21 heavy (non-hydrogen) atoms. The number of phenolic OH excluding ortho intramolecular Hbond substituents is 1. The lowest BCUT2D eigenvalue weighted by atomic mass is 9.98. The van der Waals surface area contributed by atoms with Crippen LogP contribution in [-0.2, 0) is 0 Å². The minimum atomic E-state index is -0.635. The van der Waals surface area contributed by atoms with E-state index in [0.717, 1.165) is 22.3 Å². The lowest BCUT2D eigenvalue weighted by molar-refractivity contribution is 0.220. The average molecular weight is 276 g/mol. The molecule has 0 aliphatic rings. The lowest BCUT2D eigenvalue weighted by Crippen LogP contribution is -1.98. The molecule has 0 saturated heterocycles. The van der Waals surface area contributed by atoms with Gasteiger partial charge >= 0.3 is 0 Å². The number of aromatic hydroxyl groups is 1.